The fourth-order valence-electron chi connectivity index (χ4n) is 2.39. The fourth-order valence-corrected chi connectivity index (χ4v) is 3.65. The Labute approximate surface area is 155 Å². The van der Waals surface area contributed by atoms with E-state index in [4.69, 9.17) is 11.6 Å². The van der Waals surface area contributed by atoms with Crippen LogP contribution in [-0.4, -0.2) is 14.8 Å². The van der Waals surface area contributed by atoms with Crippen molar-refractivity contribution in [2.75, 3.05) is 0 Å². The molecule has 0 saturated carbocycles. The Kier molecular flexibility index (Phi) is 5.56. The summed E-state index contributed by atoms with van der Waals surface area (Å²) in [5.74, 6) is 1.05. The van der Waals surface area contributed by atoms with E-state index in [1.165, 1.54) is 29.5 Å². The van der Waals surface area contributed by atoms with E-state index >= 15 is 0 Å². The van der Waals surface area contributed by atoms with Crippen LogP contribution in [0.3, 0.4) is 0 Å². The van der Waals surface area contributed by atoms with Crippen LogP contribution < -0.4 is 0 Å². The third-order valence-electron chi connectivity index (χ3n) is 3.71. The molecule has 2 aromatic carbocycles. The zero-order chi connectivity index (χ0) is 17.8. The first-order valence-corrected chi connectivity index (χ1v) is 9.12. The highest BCUT2D eigenvalue weighted by Gasteiger charge is 2.14. The number of hydrogen-bond acceptors (Lipinski definition) is 3. The van der Waals surface area contributed by atoms with Gasteiger partial charge >= 0.3 is 0 Å². The number of rotatable bonds is 6. The van der Waals surface area contributed by atoms with E-state index < -0.39 is 0 Å². The number of nitrogens with zero attached hydrogens (tertiary/aromatic N) is 3. The molecule has 0 aliphatic rings. The Morgan fingerprint density at radius 1 is 1.20 bits per heavy atom. The van der Waals surface area contributed by atoms with Crippen molar-refractivity contribution in [2.45, 2.75) is 24.4 Å². The van der Waals surface area contributed by atoms with Gasteiger partial charge in [0.1, 0.15) is 5.82 Å². The van der Waals surface area contributed by atoms with E-state index in [-0.39, 0.29) is 5.82 Å². The third kappa shape index (κ3) is 4.11. The van der Waals surface area contributed by atoms with E-state index in [2.05, 4.69) is 16.8 Å². The van der Waals surface area contributed by atoms with E-state index in [9.17, 15) is 4.39 Å². The first kappa shape index (κ1) is 17.7. The van der Waals surface area contributed by atoms with E-state index in [1.54, 1.807) is 6.07 Å². The summed E-state index contributed by atoms with van der Waals surface area (Å²) in [5.41, 5.74) is 3.06. The maximum Gasteiger partial charge on any atom is 0.192 e. The molecule has 3 nitrogen and oxygen atoms in total. The second-order valence-corrected chi connectivity index (χ2v) is 6.95. The van der Waals surface area contributed by atoms with Gasteiger partial charge in [-0.15, -0.1) is 16.8 Å². The van der Waals surface area contributed by atoms with Gasteiger partial charge in [0.05, 0.1) is 0 Å². The molecular formula is C19H17ClFN3S. The molecule has 1 heterocycles. The molecule has 3 rings (SSSR count). The Bertz CT molecular complexity index is 890. The minimum Gasteiger partial charge on any atom is -0.298 e. The quantitative estimate of drug-likeness (QED) is 0.420. The van der Waals surface area contributed by atoms with Crippen LogP contribution in [0.2, 0.25) is 5.02 Å². The number of halogens is 2. The normalized spacial score (nSPS) is 10.8. The molecule has 0 N–H and O–H groups in total. The molecule has 0 aliphatic heterocycles. The van der Waals surface area contributed by atoms with Crippen LogP contribution in [0.25, 0.3) is 11.4 Å². The highest BCUT2D eigenvalue weighted by molar-refractivity contribution is 7.98. The number of allylic oxidation sites excluding steroid dienone is 1. The molecule has 1 aromatic heterocycles. The number of aromatic nitrogens is 3. The van der Waals surface area contributed by atoms with Gasteiger partial charge in [0, 0.05) is 22.9 Å². The molecule has 3 aromatic rings. The number of thioether (sulfide) groups is 1. The lowest BCUT2D eigenvalue weighted by Crippen LogP contribution is -2.00. The maximum absolute atomic E-state index is 13.2. The van der Waals surface area contributed by atoms with E-state index in [1.807, 2.05) is 41.8 Å². The van der Waals surface area contributed by atoms with Crippen LogP contribution in [0.15, 0.2) is 60.3 Å². The highest BCUT2D eigenvalue weighted by atomic mass is 35.5. The summed E-state index contributed by atoms with van der Waals surface area (Å²) in [5, 5.41) is 9.83. The lowest BCUT2D eigenvalue weighted by Gasteiger charge is -2.08. The lowest BCUT2D eigenvalue weighted by atomic mass is 10.1. The molecule has 0 atom stereocenters. The van der Waals surface area contributed by atoms with Crippen molar-refractivity contribution in [2.24, 2.45) is 0 Å². The number of aryl methyl sites for hydroxylation is 1. The van der Waals surface area contributed by atoms with Crippen LogP contribution in [0.1, 0.15) is 11.1 Å². The van der Waals surface area contributed by atoms with Gasteiger partial charge in [-0.05, 0) is 24.6 Å². The molecule has 0 saturated heterocycles. The average Bonchev–Trinajstić information content (AvgIpc) is 2.98. The van der Waals surface area contributed by atoms with Crippen LogP contribution in [0, 0.1) is 12.7 Å². The van der Waals surface area contributed by atoms with Gasteiger partial charge in [-0.1, -0.05) is 65.3 Å². The van der Waals surface area contributed by atoms with Crippen LogP contribution in [0.4, 0.5) is 4.39 Å². The maximum atomic E-state index is 13.2. The molecule has 0 radical (unpaired) electrons. The summed E-state index contributed by atoms with van der Waals surface area (Å²) in [4.78, 5) is 0. The van der Waals surface area contributed by atoms with E-state index in [0.717, 1.165) is 22.1 Å². The fraction of sp³-hybridized carbons (Fsp3) is 0.158. The van der Waals surface area contributed by atoms with Crippen LogP contribution >= 0.6 is 23.4 Å². The summed E-state index contributed by atoms with van der Waals surface area (Å²) < 4.78 is 15.2. The monoisotopic (exact) mass is 373 g/mol. The molecule has 0 aliphatic carbocycles. The first-order valence-electron chi connectivity index (χ1n) is 7.76. The topological polar surface area (TPSA) is 30.7 Å². The molecular weight excluding hydrogens is 357 g/mol. The van der Waals surface area contributed by atoms with Gasteiger partial charge in [0.15, 0.2) is 11.0 Å². The van der Waals surface area contributed by atoms with Crippen LogP contribution in [0.5, 0.6) is 0 Å². The zero-order valence-electron chi connectivity index (χ0n) is 13.7. The van der Waals surface area contributed by atoms with Gasteiger partial charge in [-0.25, -0.2) is 4.39 Å². The van der Waals surface area contributed by atoms with Gasteiger partial charge in [-0.3, -0.25) is 4.57 Å². The van der Waals surface area contributed by atoms with Crippen molar-refractivity contribution < 1.29 is 4.39 Å². The standard InChI is InChI=1S/C19H17ClFN3S/c1-3-10-24-18(14-6-4-13(2)5-7-14)22-23-19(24)25-12-15-8-9-16(21)11-17(15)20/h3-9,11H,1,10,12H2,2H3. The van der Waals surface area contributed by atoms with Gasteiger partial charge in [0.25, 0.3) is 0 Å². The first-order chi connectivity index (χ1) is 12.1. The SMILES string of the molecule is C=CCn1c(SCc2ccc(F)cc2Cl)nnc1-c1ccc(C)cc1. The molecule has 6 heteroatoms. The van der Waals surface area contributed by atoms with Gasteiger partial charge < -0.3 is 0 Å². The molecule has 0 bridgehead atoms. The molecule has 128 valence electrons. The smallest absolute Gasteiger partial charge is 0.192 e. The van der Waals surface area contributed by atoms with E-state index in [0.29, 0.717) is 17.3 Å². The van der Waals surface area contributed by atoms with Crippen molar-refractivity contribution in [3.05, 3.63) is 77.1 Å². The third-order valence-corrected chi connectivity index (χ3v) is 5.08. The Morgan fingerprint density at radius 2 is 1.96 bits per heavy atom. The molecule has 0 fully saturated rings. The Balaban J connectivity index is 1.86. The molecule has 0 unspecified atom stereocenters. The number of benzene rings is 2. The zero-order valence-corrected chi connectivity index (χ0v) is 15.3. The van der Waals surface area contributed by atoms with Gasteiger partial charge in [0.2, 0.25) is 0 Å². The van der Waals surface area contributed by atoms with Crippen LogP contribution in [-0.2, 0) is 12.3 Å². The number of hydrogen-bond donors (Lipinski definition) is 0. The minimum absolute atomic E-state index is 0.338. The second-order valence-electron chi connectivity index (χ2n) is 5.60. The van der Waals surface area contributed by atoms with Crippen molar-refractivity contribution in [3.63, 3.8) is 0 Å². The summed E-state index contributed by atoms with van der Waals surface area (Å²) in [7, 11) is 0. The molecule has 0 amide bonds. The predicted molar refractivity (Wildman–Crippen MR) is 101 cm³/mol. The summed E-state index contributed by atoms with van der Waals surface area (Å²) in [6, 6.07) is 12.6. The Morgan fingerprint density at radius 3 is 2.64 bits per heavy atom. The van der Waals surface area contributed by atoms with Crippen molar-refractivity contribution in [3.8, 4) is 11.4 Å². The minimum atomic E-state index is -0.338. The highest BCUT2D eigenvalue weighted by Crippen LogP contribution is 2.29. The largest absolute Gasteiger partial charge is 0.298 e. The second kappa shape index (κ2) is 7.85. The lowest BCUT2D eigenvalue weighted by molar-refractivity contribution is 0.627. The average molecular weight is 374 g/mol. The summed E-state index contributed by atoms with van der Waals surface area (Å²) in [6.07, 6.45) is 1.82. The van der Waals surface area contributed by atoms with Crippen molar-refractivity contribution in [1.82, 2.24) is 14.8 Å². The van der Waals surface area contributed by atoms with Crippen molar-refractivity contribution >= 4 is 23.4 Å². The summed E-state index contributed by atoms with van der Waals surface area (Å²) in [6.45, 7) is 6.47. The van der Waals surface area contributed by atoms with Crippen molar-refractivity contribution in [1.29, 1.82) is 0 Å². The Hall–Kier alpha value is -2.11. The molecule has 0 spiro atoms. The van der Waals surface area contributed by atoms with Gasteiger partial charge in [-0.2, -0.15) is 0 Å². The summed E-state index contributed by atoms with van der Waals surface area (Å²) >= 11 is 7.61. The predicted octanol–water partition coefficient (Wildman–Crippen LogP) is 5.52. The molecule has 25 heavy (non-hydrogen) atoms.